The molecule has 0 radical (unpaired) electrons. The molecule has 0 spiro atoms. The molecule has 0 fully saturated rings. The van der Waals surface area contributed by atoms with Crippen molar-refractivity contribution in [2.45, 2.75) is 52.6 Å². The number of amides is 1. The van der Waals surface area contributed by atoms with Crippen LogP contribution in [0.3, 0.4) is 0 Å². The minimum absolute atomic E-state index is 0.0482. The Morgan fingerprint density at radius 1 is 1.17 bits per heavy atom. The Labute approximate surface area is 139 Å². The third-order valence-corrected chi connectivity index (χ3v) is 4.22. The summed E-state index contributed by atoms with van der Waals surface area (Å²) in [7, 11) is 3.17. The van der Waals surface area contributed by atoms with Gasteiger partial charge in [-0.1, -0.05) is 20.3 Å². The first-order chi connectivity index (χ1) is 10.9. The highest BCUT2D eigenvalue weighted by molar-refractivity contribution is 5.92. The summed E-state index contributed by atoms with van der Waals surface area (Å²) in [5.41, 5.74) is 0.624. The highest BCUT2D eigenvalue weighted by Gasteiger charge is 2.16. The van der Waals surface area contributed by atoms with Gasteiger partial charge in [0.2, 0.25) is 5.91 Å². The normalized spacial score (nSPS) is 14.7. The summed E-state index contributed by atoms with van der Waals surface area (Å²) < 4.78 is 10.5. The Kier molecular flexibility index (Phi) is 7.89. The molecule has 3 atom stereocenters. The Hall–Kier alpha value is -1.75. The number of ether oxygens (including phenoxy) is 2. The van der Waals surface area contributed by atoms with Gasteiger partial charge in [0.05, 0.1) is 19.9 Å². The van der Waals surface area contributed by atoms with Gasteiger partial charge in [-0.3, -0.25) is 4.79 Å². The Bertz CT molecular complexity index is 505. The molecule has 0 aromatic heterocycles. The topological polar surface area (TPSA) is 59.6 Å². The van der Waals surface area contributed by atoms with Crippen LogP contribution in [0.2, 0.25) is 0 Å². The van der Waals surface area contributed by atoms with E-state index in [9.17, 15) is 4.79 Å². The molecule has 130 valence electrons. The maximum atomic E-state index is 12.3. The fourth-order valence-electron chi connectivity index (χ4n) is 2.42. The van der Waals surface area contributed by atoms with E-state index in [1.807, 2.05) is 6.92 Å². The summed E-state index contributed by atoms with van der Waals surface area (Å²) in [6, 6.07) is 5.83. The van der Waals surface area contributed by atoms with E-state index in [0.29, 0.717) is 35.6 Å². The van der Waals surface area contributed by atoms with Gasteiger partial charge in [0.25, 0.3) is 0 Å². The van der Waals surface area contributed by atoms with E-state index < -0.39 is 0 Å². The molecule has 0 heterocycles. The van der Waals surface area contributed by atoms with Crippen molar-refractivity contribution in [2.24, 2.45) is 5.92 Å². The molecule has 0 aliphatic heterocycles. The maximum Gasteiger partial charge on any atom is 0.226 e. The fraction of sp³-hybridized carbons (Fsp3) is 0.611. The molecule has 0 saturated heterocycles. The summed E-state index contributed by atoms with van der Waals surface area (Å²) in [6.45, 7) is 8.58. The first-order valence-electron chi connectivity index (χ1n) is 8.19. The molecule has 0 saturated carbocycles. The lowest BCUT2D eigenvalue weighted by Gasteiger charge is -2.24. The van der Waals surface area contributed by atoms with Crippen molar-refractivity contribution in [1.82, 2.24) is 5.32 Å². The van der Waals surface area contributed by atoms with Crippen LogP contribution < -0.4 is 20.1 Å². The number of hydrogen-bond donors (Lipinski definition) is 2. The highest BCUT2D eigenvalue weighted by Crippen LogP contribution is 2.29. The molecule has 5 heteroatoms. The van der Waals surface area contributed by atoms with Gasteiger partial charge < -0.3 is 20.1 Å². The lowest BCUT2D eigenvalue weighted by Crippen LogP contribution is -2.40. The molecule has 0 aliphatic carbocycles. The third kappa shape index (κ3) is 6.10. The molecular formula is C18H30N2O3. The lowest BCUT2D eigenvalue weighted by molar-refractivity contribution is -0.116. The van der Waals surface area contributed by atoms with E-state index in [0.717, 1.165) is 6.42 Å². The third-order valence-electron chi connectivity index (χ3n) is 4.22. The van der Waals surface area contributed by atoms with E-state index in [4.69, 9.17) is 9.47 Å². The van der Waals surface area contributed by atoms with Crippen molar-refractivity contribution in [3.8, 4) is 11.5 Å². The van der Waals surface area contributed by atoms with Gasteiger partial charge in [-0.25, -0.2) is 0 Å². The Balaban J connectivity index is 2.62. The number of methoxy groups -OCH3 is 2. The summed E-state index contributed by atoms with van der Waals surface area (Å²) in [5, 5.41) is 6.38. The van der Waals surface area contributed by atoms with Crippen molar-refractivity contribution >= 4 is 11.6 Å². The number of carbonyl (C=O) groups excluding carboxylic acids is 1. The van der Waals surface area contributed by atoms with Crippen LogP contribution >= 0.6 is 0 Å². The summed E-state index contributed by atoms with van der Waals surface area (Å²) >= 11 is 0. The average molecular weight is 322 g/mol. The highest BCUT2D eigenvalue weighted by atomic mass is 16.5. The SMILES string of the molecule is CCC(C)C(C)NC(C)CC(=O)Nc1cc(OC)ccc1OC. The second-order valence-corrected chi connectivity index (χ2v) is 6.06. The molecule has 0 bridgehead atoms. The van der Waals surface area contributed by atoms with Crippen LogP contribution in [0.15, 0.2) is 18.2 Å². The number of anilines is 1. The van der Waals surface area contributed by atoms with Crippen molar-refractivity contribution < 1.29 is 14.3 Å². The van der Waals surface area contributed by atoms with E-state index in [-0.39, 0.29) is 11.9 Å². The zero-order valence-corrected chi connectivity index (χ0v) is 15.1. The van der Waals surface area contributed by atoms with Crippen LogP contribution in [0.5, 0.6) is 11.5 Å². The number of hydrogen-bond acceptors (Lipinski definition) is 4. The van der Waals surface area contributed by atoms with Gasteiger partial charge in [0, 0.05) is 24.6 Å². The van der Waals surface area contributed by atoms with Gasteiger partial charge in [-0.15, -0.1) is 0 Å². The van der Waals surface area contributed by atoms with Gasteiger partial charge in [0.1, 0.15) is 11.5 Å². The summed E-state index contributed by atoms with van der Waals surface area (Å²) in [5.74, 6) is 1.83. The van der Waals surface area contributed by atoms with Crippen molar-refractivity contribution in [3.63, 3.8) is 0 Å². The molecule has 1 aromatic carbocycles. The van der Waals surface area contributed by atoms with Gasteiger partial charge in [0.15, 0.2) is 0 Å². The minimum atomic E-state index is -0.0482. The predicted molar refractivity (Wildman–Crippen MR) is 94.3 cm³/mol. The smallest absolute Gasteiger partial charge is 0.226 e. The van der Waals surface area contributed by atoms with Gasteiger partial charge >= 0.3 is 0 Å². The molecule has 3 unspecified atom stereocenters. The molecule has 2 N–H and O–H groups in total. The zero-order chi connectivity index (χ0) is 17.4. The van der Waals surface area contributed by atoms with E-state index in [1.165, 1.54) is 0 Å². The summed E-state index contributed by atoms with van der Waals surface area (Å²) in [6.07, 6.45) is 1.52. The predicted octanol–water partition coefficient (Wildman–Crippen LogP) is 3.45. The second-order valence-electron chi connectivity index (χ2n) is 6.06. The van der Waals surface area contributed by atoms with Crippen LogP contribution in [0.4, 0.5) is 5.69 Å². The van der Waals surface area contributed by atoms with Gasteiger partial charge in [-0.2, -0.15) is 0 Å². The Morgan fingerprint density at radius 3 is 2.43 bits per heavy atom. The fourth-order valence-corrected chi connectivity index (χ4v) is 2.42. The van der Waals surface area contributed by atoms with E-state index in [2.05, 4.69) is 31.4 Å². The average Bonchev–Trinajstić information content (AvgIpc) is 2.53. The van der Waals surface area contributed by atoms with Crippen LogP contribution in [-0.2, 0) is 4.79 Å². The molecule has 23 heavy (non-hydrogen) atoms. The van der Waals surface area contributed by atoms with E-state index in [1.54, 1.807) is 32.4 Å². The van der Waals surface area contributed by atoms with Crippen LogP contribution in [0, 0.1) is 5.92 Å². The monoisotopic (exact) mass is 322 g/mol. The number of carbonyl (C=O) groups is 1. The van der Waals surface area contributed by atoms with Crippen LogP contribution in [-0.4, -0.2) is 32.2 Å². The minimum Gasteiger partial charge on any atom is -0.497 e. The number of rotatable bonds is 9. The standard InChI is InChI=1S/C18H30N2O3/c1-7-12(2)14(4)19-13(3)10-18(21)20-16-11-15(22-5)8-9-17(16)23-6/h8-9,11-14,19H,7,10H2,1-6H3,(H,20,21). The van der Waals surface area contributed by atoms with Crippen LogP contribution in [0.1, 0.15) is 40.5 Å². The van der Waals surface area contributed by atoms with E-state index >= 15 is 0 Å². The zero-order valence-electron chi connectivity index (χ0n) is 15.1. The van der Waals surface area contributed by atoms with Crippen LogP contribution in [0.25, 0.3) is 0 Å². The molecule has 1 aromatic rings. The number of nitrogens with one attached hydrogen (secondary N) is 2. The number of benzene rings is 1. The largest absolute Gasteiger partial charge is 0.497 e. The lowest BCUT2D eigenvalue weighted by atomic mass is 10.00. The molecule has 1 amide bonds. The Morgan fingerprint density at radius 2 is 1.87 bits per heavy atom. The quantitative estimate of drug-likeness (QED) is 0.731. The van der Waals surface area contributed by atoms with Crippen molar-refractivity contribution in [3.05, 3.63) is 18.2 Å². The maximum absolute atomic E-state index is 12.3. The van der Waals surface area contributed by atoms with Gasteiger partial charge in [-0.05, 0) is 31.9 Å². The van der Waals surface area contributed by atoms with Crippen molar-refractivity contribution in [1.29, 1.82) is 0 Å². The second kappa shape index (κ2) is 9.40. The first kappa shape index (κ1) is 19.3. The molecule has 5 nitrogen and oxygen atoms in total. The summed E-state index contributed by atoms with van der Waals surface area (Å²) in [4.78, 5) is 12.3. The van der Waals surface area contributed by atoms with Crippen molar-refractivity contribution in [2.75, 3.05) is 19.5 Å². The molecular weight excluding hydrogens is 292 g/mol. The molecule has 1 rings (SSSR count). The first-order valence-corrected chi connectivity index (χ1v) is 8.19. The molecule has 0 aliphatic rings.